The molecule has 1 aromatic carbocycles. The lowest BCUT2D eigenvalue weighted by Gasteiger charge is -2.19. The second-order valence-corrected chi connectivity index (χ2v) is 5.57. The molecule has 1 aliphatic rings. The van der Waals surface area contributed by atoms with Crippen LogP contribution in [0.3, 0.4) is 0 Å². The molecule has 1 aromatic rings. The second-order valence-electron chi connectivity index (χ2n) is 5.57. The minimum atomic E-state index is -0.530. The van der Waals surface area contributed by atoms with Gasteiger partial charge >= 0.3 is 6.03 Å². The Morgan fingerprint density at radius 3 is 2.91 bits per heavy atom. The summed E-state index contributed by atoms with van der Waals surface area (Å²) in [7, 11) is 1.39. The average molecular weight is 323 g/mol. The Bertz CT molecular complexity index is 580. The van der Waals surface area contributed by atoms with Gasteiger partial charge in [0, 0.05) is 6.54 Å². The summed E-state index contributed by atoms with van der Waals surface area (Å²) in [5.74, 6) is -0.497. The van der Waals surface area contributed by atoms with Crippen molar-refractivity contribution in [3.8, 4) is 5.75 Å². The molecule has 1 fully saturated rings. The van der Waals surface area contributed by atoms with E-state index in [-0.39, 0.29) is 11.7 Å². The Morgan fingerprint density at radius 1 is 1.43 bits per heavy atom. The van der Waals surface area contributed by atoms with Crippen molar-refractivity contribution in [2.75, 3.05) is 13.7 Å². The van der Waals surface area contributed by atoms with Crippen LogP contribution in [0.15, 0.2) is 18.2 Å². The number of hydrogen-bond acceptors (Lipinski definition) is 3. The van der Waals surface area contributed by atoms with Gasteiger partial charge in [-0.15, -0.1) is 0 Å². The van der Waals surface area contributed by atoms with E-state index in [1.165, 1.54) is 19.2 Å². The Labute approximate surface area is 134 Å². The summed E-state index contributed by atoms with van der Waals surface area (Å²) in [6.45, 7) is 2.38. The molecular weight excluding hydrogens is 301 g/mol. The number of nitrogens with one attached hydrogen (secondary N) is 3. The zero-order valence-corrected chi connectivity index (χ0v) is 13.3. The van der Waals surface area contributed by atoms with Crippen LogP contribution in [0.5, 0.6) is 5.75 Å². The summed E-state index contributed by atoms with van der Waals surface area (Å²) < 4.78 is 18.6. The predicted octanol–water partition coefficient (Wildman–Crippen LogP) is 1.86. The maximum atomic E-state index is 13.7. The molecule has 2 atom stereocenters. The van der Waals surface area contributed by atoms with Gasteiger partial charge < -0.3 is 20.7 Å². The molecule has 3 amide bonds. The number of halogens is 1. The molecule has 0 unspecified atom stereocenters. The molecule has 0 radical (unpaired) electrons. The van der Waals surface area contributed by atoms with E-state index in [9.17, 15) is 14.0 Å². The third-order valence-corrected chi connectivity index (χ3v) is 3.86. The smallest absolute Gasteiger partial charge is 0.315 e. The molecule has 3 N–H and O–H groups in total. The van der Waals surface area contributed by atoms with Gasteiger partial charge in [-0.1, -0.05) is 6.07 Å². The fourth-order valence-electron chi connectivity index (χ4n) is 2.51. The number of carbonyl (C=O) groups excluding carboxylic acids is 2. The molecule has 0 aliphatic carbocycles. The highest BCUT2D eigenvalue weighted by molar-refractivity contribution is 5.87. The van der Waals surface area contributed by atoms with E-state index in [0.29, 0.717) is 18.5 Å². The van der Waals surface area contributed by atoms with Crippen molar-refractivity contribution in [2.24, 2.45) is 0 Å². The Morgan fingerprint density at radius 2 is 2.22 bits per heavy atom. The van der Waals surface area contributed by atoms with Crippen molar-refractivity contribution < 1.29 is 18.7 Å². The number of ether oxygens (including phenoxy) is 1. The van der Waals surface area contributed by atoms with Crippen LogP contribution in [0.1, 0.15) is 37.8 Å². The summed E-state index contributed by atoms with van der Waals surface area (Å²) >= 11 is 0. The highest BCUT2D eigenvalue weighted by atomic mass is 19.1. The van der Waals surface area contributed by atoms with Crippen molar-refractivity contribution in [3.63, 3.8) is 0 Å². The SMILES string of the molecule is COc1ccc([C@@H](C)NC(=O)N[C@H]2CCCCNC2=O)cc1F. The molecule has 1 saturated heterocycles. The van der Waals surface area contributed by atoms with Crippen LogP contribution in [0, 0.1) is 5.82 Å². The molecule has 0 saturated carbocycles. The average Bonchev–Trinajstić information content (AvgIpc) is 2.72. The molecule has 1 aliphatic heterocycles. The third kappa shape index (κ3) is 4.58. The van der Waals surface area contributed by atoms with Crippen LogP contribution in [0.25, 0.3) is 0 Å². The molecule has 0 spiro atoms. The van der Waals surface area contributed by atoms with Gasteiger partial charge in [-0.25, -0.2) is 9.18 Å². The van der Waals surface area contributed by atoms with Gasteiger partial charge in [0.1, 0.15) is 6.04 Å². The van der Waals surface area contributed by atoms with Crippen LogP contribution in [0.4, 0.5) is 9.18 Å². The van der Waals surface area contributed by atoms with E-state index in [2.05, 4.69) is 16.0 Å². The van der Waals surface area contributed by atoms with Crippen LogP contribution in [-0.4, -0.2) is 31.6 Å². The van der Waals surface area contributed by atoms with Gasteiger partial charge in [-0.2, -0.15) is 0 Å². The summed E-state index contributed by atoms with van der Waals surface area (Å²) in [5.41, 5.74) is 0.615. The highest BCUT2D eigenvalue weighted by Gasteiger charge is 2.23. The van der Waals surface area contributed by atoms with Gasteiger partial charge in [0.05, 0.1) is 13.2 Å². The Kier molecular flexibility index (Phi) is 5.78. The van der Waals surface area contributed by atoms with Crippen molar-refractivity contribution in [3.05, 3.63) is 29.6 Å². The number of amides is 3. The van der Waals surface area contributed by atoms with Crippen LogP contribution >= 0.6 is 0 Å². The molecule has 6 nitrogen and oxygen atoms in total. The molecule has 0 aromatic heterocycles. The zero-order valence-electron chi connectivity index (χ0n) is 13.3. The maximum Gasteiger partial charge on any atom is 0.315 e. The Balaban J connectivity index is 1.93. The van der Waals surface area contributed by atoms with Crippen LogP contribution in [-0.2, 0) is 4.79 Å². The lowest BCUT2D eigenvalue weighted by molar-refractivity contribution is -0.122. The second kappa shape index (κ2) is 7.80. The normalized spacial score (nSPS) is 19.3. The van der Waals surface area contributed by atoms with E-state index >= 15 is 0 Å². The fourth-order valence-corrected chi connectivity index (χ4v) is 2.51. The maximum absolute atomic E-state index is 13.7. The largest absolute Gasteiger partial charge is 0.494 e. The topological polar surface area (TPSA) is 79.5 Å². The van der Waals surface area contributed by atoms with Crippen LogP contribution in [0.2, 0.25) is 0 Å². The van der Waals surface area contributed by atoms with E-state index in [1.54, 1.807) is 13.0 Å². The minimum Gasteiger partial charge on any atom is -0.494 e. The summed E-state index contributed by atoms with van der Waals surface area (Å²) in [6.07, 6.45) is 2.40. The first kappa shape index (κ1) is 17.1. The van der Waals surface area contributed by atoms with Crippen molar-refractivity contribution in [1.29, 1.82) is 0 Å². The number of urea groups is 1. The van der Waals surface area contributed by atoms with E-state index in [4.69, 9.17) is 4.74 Å². The summed E-state index contributed by atoms with van der Waals surface area (Å²) in [5, 5.41) is 8.14. The summed E-state index contributed by atoms with van der Waals surface area (Å²) in [6, 6.07) is 3.14. The van der Waals surface area contributed by atoms with Gasteiger partial charge in [-0.05, 0) is 43.9 Å². The monoisotopic (exact) mass is 323 g/mol. The molecular formula is C16H22FN3O3. The lowest BCUT2D eigenvalue weighted by atomic mass is 10.1. The number of rotatable bonds is 4. The number of hydrogen-bond donors (Lipinski definition) is 3. The first-order valence-electron chi connectivity index (χ1n) is 7.69. The molecule has 1 heterocycles. The van der Waals surface area contributed by atoms with E-state index in [1.807, 2.05) is 0 Å². The quantitative estimate of drug-likeness (QED) is 0.791. The first-order chi connectivity index (χ1) is 11.0. The minimum absolute atomic E-state index is 0.153. The van der Waals surface area contributed by atoms with Gasteiger partial charge in [0.2, 0.25) is 5.91 Å². The third-order valence-electron chi connectivity index (χ3n) is 3.86. The predicted molar refractivity (Wildman–Crippen MR) is 83.7 cm³/mol. The highest BCUT2D eigenvalue weighted by Crippen LogP contribution is 2.21. The summed E-state index contributed by atoms with van der Waals surface area (Å²) in [4.78, 5) is 23.8. The van der Waals surface area contributed by atoms with Gasteiger partial charge in [0.15, 0.2) is 11.6 Å². The van der Waals surface area contributed by atoms with Gasteiger partial charge in [0.25, 0.3) is 0 Å². The molecule has 2 rings (SSSR count). The number of benzene rings is 1. The molecule has 126 valence electrons. The van der Waals surface area contributed by atoms with E-state index in [0.717, 1.165) is 12.8 Å². The molecule has 0 bridgehead atoms. The van der Waals surface area contributed by atoms with Crippen molar-refractivity contribution in [1.82, 2.24) is 16.0 Å². The standard InChI is InChI=1S/C16H22FN3O3/c1-10(11-6-7-14(23-2)12(17)9-11)19-16(22)20-13-5-3-4-8-18-15(13)21/h6-7,9-10,13H,3-5,8H2,1-2H3,(H,18,21)(H2,19,20,22)/t10-,13+/m1/s1. The Hall–Kier alpha value is -2.31. The lowest BCUT2D eigenvalue weighted by Crippen LogP contribution is -2.49. The number of carbonyl (C=O) groups is 2. The van der Waals surface area contributed by atoms with Crippen LogP contribution < -0.4 is 20.7 Å². The number of methoxy groups -OCH3 is 1. The molecule has 23 heavy (non-hydrogen) atoms. The first-order valence-corrected chi connectivity index (χ1v) is 7.69. The fraction of sp³-hybridized carbons (Fsp3) is 0.500. The molecule has 7 heteroatoms. The van der Waals surface area contributed by atoms with Gasteiger partial charge in [-0.3, -0.25) is 4.79 Å². The van der Waals surface area contributed by atoms with Crippen molar-refractivity contribution in [2.45, 2.75) is 38.3 Å². The zero-order chi connectivity index (χ0) is 16.8. The van der Waals surface area contributed by atoms with Crippen molar-refractivity contribution >= 4 is 11.9 Å². The van der Waals surface area contributed by atoms with E-state index < -0.39 is 23.9 Å².